The summed E-state index contributed by atoms with van der Waals surface area (Å²) in [6.45, 7) is 2.07. The van der Waals surface area contributed by atoms with E-state index in [1.165, 1.54) is 12.1 Å². The van der Waals surface area contributed by atoms with Crippen LogP contribution in [0.5, 0.6) is 0 Å². The first-order chi connectivity index (χ1) is 9.65. The van der Waals surface area contributed by atoms with E-state index in [1.807, 2.05) is 0 Å². The number of rotatable bonds is 4. The van der Waals surface area contributed by atoms with Crippen molar-refractivity contribution in [3.05, 3.63) is 29.8 Å². The first kappa shape index (κ1) is 14.3. The van der Waals surface area contributed by atoms with Gasteiger partial charge < -0.3 is 20.5 Å². The molecule has 1 fully saturated rings. The Bertz CT molecular complexity index is 467. The van der Waals surface area contributed by atoms with Gasteiger partial charge in [-0.3, -0.25) is 0 Å². The monoisotopic (exact) mass is 278 g/mol. The number of carboxylic acid groups (broad SMARTS) is 1. The second-order valence-corrected chi connectivity index (χ2v) is 4.80. The van der Waals surface area contributed by atoms with Crippen molar-refractivity contribution in [1.82, 2.24) is 5.32 Å². The highest BCUT2D eigenvalue weighted by atomic mass is 16.5. The van der Waals surface area contributed by atoms with Gasteiger partial charge in [0.1, 0.15) is 0 Å². The molecule has 1 heterocycles. The van der Waals surface area contributed by atoms with E-state index in [-0.39, 0.29) is 11.6 Å². The van der Waals surface area contributed by atoms with Gasteiger partial charge in [-0.1, -0.05) is 0 Å². The molecule has 6 nitrogen and oxygen atoms in total. The van der Waals surface area contributed by atoms with Crippen LogP contribution in [-0.2, 0) is 4.74 Å². The van der Waals surface area contributed by atoms with E-state index in [1.54, 1.807) is 12.1 Å². The molecule has 6 heteroatoms. The number of nitrogens with one attached hydrogen (secondary N) is 2. The fourth-order valence-electron chi connectivity index (χ4n) is 2.08. The van der Waals surface area contributed by atoms with Gasteiger partial charge in [0.15, 0.2) is 0 Å². The van der Waals surface area contributed by atoms with Crippen LogP contribution >= 0.6 is 0 Å². The number of aromatic carboxylic acids is 1. The van der Waals surface area contributed by atoms with E-state index < -0.39 is 5.97 Å². The van der Waals surface area contributed by atoms with Crippen LogP contribution in [0, 0.1) is 5.92 Å². The molecule has 20 heavy (non-hydrogen) atoms. The first-order valence-electron chi connectivity index (χ1n) is 6.61. The minimum atomic E-state index is -0.988. The topological polar surface area (TPSA) is 87.7 Å². The van der Waals surface area contributed by atoms with Gasteiger partial charge in [-0.15, -0.1) is 0 Å². The van der Waals surface area contributed by atoms with Gasteiger partial charge >= 0.3 is 12.0 Å². The van der Waals surface area contributed by atoms with Crippen molar-refractivity contribution in [2.24, 2.45) is 5.92 Å². The second kappa shape index (κ2) is 6.91. The summed E-state index contributed by atoms with van der Waals surface area (Å²) < 4.78 is 5.34. The molecule has 1 aliphatic rings. The lowest BCUT2D eigenvalue weighted by Crippen LogP contribution is -2.35. The molecule has 0 radical (unpaired) electrons. The Morgan fingerprint density at radius 1 is 1.30 bits per heavy atom. The standard InChI is InChI=1S/C14H18N2O4/c17-13(18)11-3-5-12(6-4-11)16-14(19)15-8-10-2-1-7-20-9-10/h3-6,10H,1-2,7-9H2,(H,17,18)(H2,15,16,19). The van der Waals surface area contributed by atoms with Gasteiger partial charge in [-0.25, -0.2) is 9.59 Å². The fourth-order valence-corrected chi connectivity index (χ4v) is 2.08. The number of carbonyl (C=O) groups is 2. The van der Waals surface area contributed by atoms with Crippen molar-refractivity contribution < 1.29 is 19.4 Å². The predicted octanol–water partition coefficient (Wildman–Crippen LogP) is 1.93. The van der Waals surface area contributed by atoms with Crippen LogP contribution in [0.2, 0.25) is 0 Å². The summed E-state index contributed by atoms with van der Waals surface area (Å²) in [6.07, 6.45) is 2.10. The van der Waals surface area contributed by atoms with Gasteiger partial charge in [0.25, 0.3) is 0 Å². The molecule has 0 aromatic heterocycles. The number of urea groups is 1. The summed E-state index contributed by atoms with van der Waals surface area (Å²) in [4.78, 5) is 22.4. The van der Waals surface area contributed by atoms with E-state index in [4.69, 9.17) is 9.84 Å². The molecule has 0 saturated carbocycles. The van der Waals surface area contributed by atoms with Crippen molar-refractivity contribution >= 4 is 17.7 Å². The molecule has 2 rings (SSSR count). The van der Waals surface area contributed by atoms with Crippen LogP contribution in [-0.4, -0.2) is 36.9 Å². The highest BCUT2D eigenvalue weighted by Gasteiger charge is 2.14. The third-order valence-corrected chi connectivity index (χ3v) is 3.20. The smallest absolute Gasteiger partial charge is 0.335 e. The van der Waals surface area contributed by atoms with Crippen LogP contribution in [0.25, 0.3) is 0 Å². The molecule has 1 aromatic rings. The zero-order valence-corrected chi connectivity index (χ0v) is 11.1. The van der Waals surface area contributed by atoms with Gasteiger partial charge in [0.2, 0.25) is 0 Å². The van der Waals surface area contributed by atoms with Gasteiger partial charge in [0.05, 0.1) is 12.2 Å². The van der Waals surface area contributed by atoms with Crippen LogP contribution in [0.4, 0.5) is 10.5 Å². The van der Waals surface area contributed by atoms with E-state index in [9.17, 15) is 9.59 Å². The minimum absolute atomic E-state index is 0.190. The maximum atomic E-state index is 11.7. The average Bonchev–Trinajstić information content (AvgIpc) is 2.47. The van der Waals surface area contributed by atoms with Crippen molar-refractivity contribution in [1.29, 1.82) is 0 Å². The largest absolute Gasteiger partial charge is 0.478 e. The van der Waals surface area contributed by atoms with Crippen LogP contribution in [0.15, 0.2) is 24.3 Å². The summed E-state index contributed by atoms with van der Waals surface area (Å²) >= 11 is 0. The zero-order valence-electron chi connectivity index (χ0n) is 11.1. The normalized spacial score (nSPS) is 18.3. The predicted molar refractivity (Wildman–Crippen MR) is 74.0 cm³/mol. The summed E-state index contributed by atoms with van der Waals surface area (Å²) in [5.41, 5.74) is 0.753. The number of hydrogen-bond acceptors (Lipinski definition) is 3. The summed E-state index contributed by atoms with van der Waals surface area (Å²) in [5.74, 6) is -0.623. The SMILES string of the molecule is O=C(NCC1CCCOC1)Nc1ccc(C(=O)O)cc1. The fraction of sp³-hybridized carbons (Fsp3) is 0.429. The molecular formula is C14H18N2O4. The third-order valence-electron chi connectivity index (χ3n) is 3.20. The minimum Gasteiger partial charge on any atom is -0.478 e. The van der Waals surface area contributed by atoms with Crippen LogP contribution in [0.3, 0.4) is 0 Å². The Labute approximate surface area is 117 Å². The molecule has 1 unspecified atom stereocenters. The molecule has 1 aromatic carbocycles. The molecule has 0 bridgehead atoms. The first-order valence-corrected chi connectivity index (χ1v) is 6.61. The van der Waals surface area contributed by atoms with Crippen molar-refractivity contribution in [3.8, 4) is 0 Å². The number of carboxylic acids is 1. The van der Waals surface area contributed by atoms with Gasteiger partial charge in [-0.05, 0) is 43.0 Å². The van der Waals surface area contributed by atoms with Gasteiger partial charge in [0, 0.05) is 18.8 Å². The Hall–Kier alpha value is -2.08. The Morgan fingerprint density at radius 2 is 2.05 bits per heavy atom. The van der Waals surface area contributed by atoms with Crippen molar-refractivity contribution in [2.45, 2.75) is 12.8 Å². The third kappa shape index (κ3) is 4.24. The molecule has 2 amide bonds. The Kier molecular flexibility index (Phi) is 4.95. The maximum Gasteiger partial charge on any atom is 0.335 e. The van der Waals surface area contributed by atoms with E-state index in [2.05, 4.69) is 10.6 Å². The lowest BCUT2D eigenvalue weighted by atomic mass is 10.0. The molecular weight excluding hydrogens is 260 g/mol. The Morgan fingerprint density at radius 3 is 2.65 bits per heavy atom. The summed E-state index contributed by atoms with van der Waals surface area (Å²) in [5, 5.41) is 14.2. The van der Waals surface area contributed by atoms with Crippen molar-refractivity contribution in [3.63, 3.8) is 0 Å². The average molecular weight is 278 g/mol. The number of hydrogen-bond donors (Lipinski definition) is 3. The number of anilines is 1. The van der Waals surface area contributed by atoms with Crippen molar-refractivity contribution in [2.75, 3.05) is 25.1 Å². The molecule has 1 aliphatic heterocycles. The van der Waals surface area contributed by atoms with E-state index >= 15 is 0 Å². The maximum absolute atomic E-state index is 11.7. The number of carbonyl (C=O) groups excluding carboxylic acids is 1. The van der Waals surface area contributed by atoms with E-state index in [0.717, 1.165) is 19.4 Å². The summed E-state index contributed by atoms with van der Waals surface area (Å²) in [7, 11) is 0. The molecule has 0 aliphatic carbocycles. The molecule has 1 atom stereocenters. The van der Waals surface area contributed by atoms with E-state index in [0.29, 0.717) is 24.8 Å². The van der Waals surface area contributed by atoms with Crippen LogP contribution in [0.1, 0.15) is 23.2 Å². The second-order valence-electron chi connectivity index (χ2n) is 4.80. The number of ether oxygens (including phenoxy) is 1. The van der Waals surface area contributed by atoms with Gasteiger partial charge in [-0.2, -0.15) is 0 Å². The van der Waals surface area contributed by atoms with Crippen LogP contribution < -0.4 is 10.6 Å². The number of amides is 2. The quantitative estimate of drug-likeness (QED) is 0.785. The molecule has 108 valence electrons. The lowest BCUT2D eigenvalue weighted by Gasteiger charge is -2.22. The zero-order chi connectivity index (χ0) is 14.4. The lowest BCUT2D eigenvalue weighted by molar-refractivity contribution is 0.0559. The highest BCUT2D eigenvalue weighted by molar-refractivity contribution is 5.91. The molecule has 1 saturated heterocycles. The summed E-state index contributed by atoms with van der Waals surface area (Å²) in [6, 6.07) is 5.73. The highest BCUT2D eigenvalue weighted by Crippen LogP contribution is 2.12. The molecule has 3 N–H and O–H groups in total. The number of benzene rings is 1. The molecule has 0 spiro atoms. The Balaban J connectivity index is 1.77.